The number of halogens is 2. The zero-order valence-electron chi connectivity index (χ0n) is 10.7. The number of hydrogen-bond acceptors (Lipinski definition) is 3. The highest BCUT2D eigenvalue weighted by Crippen LogP contribution is 2.31. The van der Waals surface area contributed by atoms with E-state index in [1.165, 1.54) is 5.56 Å². The quantitative estimate of drug-likeness (QED) is 0.845. The molecule has 0 spiro atoms. The third kappa shape index (κ3) is 3.78. The summed E-state index contributed by atoms with van der Waals surface area (Å²) >= 11 is 6.88. The van der Waals surface area contributed by atoms with Crippen molar-refractivity contribution in [2.75, 3.05) is 7.05 Å². The van der Waals surface area contributed by atoms with Gasteiger partial charge in [-0.25, -0.2) is 4.98 Å². The summed E-state index contributed by atoms with van der Waals surface area (Å²) in [5, 5.41) is 3.12. The summed E-state index contributed by atoms with van der Waals surface area (Å²) in [6.45, 7) is 2.79. The first-order valence-corrected chi connectivity index (χ1v) is 7.43. The van der Waals surface area contributed by atoms with E-state index in [2.05, 4.69) is 42.2 Å². The molecule has 100 valence electrons. The highest BCUT2D eigenvalue weighted by Gasteiger charge is 2.06. The minimum absolute atomic E-state index is 0.598. The average Bonchev–Trinajstić information content (AvgIpc) is 2.36. The van der Waals surface area contributed by atoms with Gasteiger partial charge in [-0.1, -0.05) is 22.0 Å². The van der Waals surface area contributed by atoms with Crippen LogP contribution in [0, 0.1) is 6.92 Å². The molecule has 1 aromatic carbocycles. The smallest absolute Gasteiger partial charge is 0.219 e. The third-order valence-corrected chi connectivity index (χ3v) is 3.76. The van der Waals surface area contributed by atoms with Crippen LogP contribution in [-0.2, 0) is 6.54 Å². The van der Waals surface area contributed by atoms with Crippen molar-refractivity contribution in [3.05, 3.63) is 50.5 Å². The van der Waals surface area contributed by atoms with Crippen LogP contribution >= 0.6 is 31.9 Å². The molecule has 1 N–H and O–H groups in total. The van der Waals surface area contributed by atoms with Crippen LogP contribution in [0.5, 0.6) is 11.6 Å². The monoisotopic (exact) mass is 384 g/mol. The minimum atomic E-state index is 0.598. The Bertz CT molecular complexity index is 588. The van der Waals surface area contributed by atoms with Crippen LogP contribution in [0.3, 0.4) is 0 Å². The van der Waals surface area contributed by atoms with Gasteiger partial charge in [0.1, 0.15) is 5.75 Å². The summed E-state index contributed by atoms with van der Waals surface area (Å²) in [5.41, 5.74) is 2.14. The first-order valence-electron chi connectivity index (χ1n) is 5.84. The summed E-state index contributed by atoms with van der Waals surface area (Å²) in [6.07, 6.45) is 0. The molecule has 0 aliphatic carbocycles. The standard InChI is InChI=1S/C14H14Br2N2O/c1-9-10(8-17-2)3-6-14(18-9)19-13-5-4-11(15)7-12(13)16/h3-7,17H,8H2,1-2H3. The summed E-state index contributed by atoms with van der Waals surface area (Å²) < 4.78 is 7.67. The maximum Gasteiger partial charge on any atom is 0.219 e. The van der Waals surface area contributed by atoms with Crippen molar-refractivity contribution in [3.8, 4) is 11.6 Å². The Morgan fingerprint density at radius 1 is 1.21 bits per heavy atom. The van der Waals surface area contributed by atoms with Gasteiger partial charge in [0, 0.05) is 22.8 Å². The van der Waals surface area contributed by atoms with E-state index in [0.29, 0.717) is 5.88 Å². The zero-order chi connectivity index (χ0) is 13.8. The number of nitrogens with one attached hydrogen (secondary N) is 1. The van der Waals surface area contributed by atoms with Gasteiger partial charge in [-0.05, 0) is 53.7 Å². The summed E-state index contributed by atoms with van der Waals surface area (Å²) in [6, 6.07) is 9.68. The van der Waals surface area contributed by atoms with Crippen molar-refractivity contribution < 1.29 is 4.74 Å². The topological polar surface area (TPSA) is 34.1 Å². The lowest BCUT2D eigenvalue weighted by Crippen LogP contribution is -2.07. The van der Waals surface area contributed by atoms with E-state index < -0.39 is 0 Å². The number of aryl methyl sites for hydroxylation is 1. The molecule has 3 nitrogen and oxygen atoms in total. The number of rotatable bonds is 4. The second-order valence-corrected chi connectivity index (χ2v) is 5.87. The van der Waals surface area contributed by atoms with E-state index in [1.807, 2.05) is 44.3 Å². The average molecular weight is 386 g/mol. The van der Waals surface area contributed by atoms with Crippen LogP contribution in [0.25, 0.3) is 0 Å². The molecular weight excluding hydrogens is 372 g/mol. The van der Waals surface area contributed by atoms with Crippen LogP contribution < -0.4 is 10.1 Å². The highest BCUT2D eigenvalue weighted by atomic mass is 79.9. The fraction of sp³-hybridized carbons (Fsp3) is 0.214. The molecule has 5 heteroatoms. The Morgan fingerprint density at radius 3 is 2.63 bits per heavy atom. The van der Waals surface area contributed by atoms with Crippen molar-refractivity contribution in [1.29, 1.82) is 0 Å². The number of ether oxygens (including phenoxy) is 1. The summed E-state index contributed by atoms with van der Waals surface area (Å²) in [5.74, 6) is 1.34. The van der Waals surface area contributed by atoms with Gasteiger partial charge in [0.2, 0.25) is 5.88 Å². The van der Waals surface area contributed by atoms with Crippen LogP contribution in [-0.4, -0.2) is 12.0 Å². The third-order valence-electron chi connectivity index (χ3n) is 2.65. The molecular formula is C14H14Br2N2O. The van der Waals surface area contributed by atoms with Crippen LogP contribution in [0.2, 0.25) is 0 Å². The van der Waals surface area contributed by atoms with Gasteiger partial charge in [-0.3, -0.25) is 0 Å². The number of pyridine rings is 1. The van der Waals surface area contributed by atoms with Crippen molar-refractivity contribution in [1.82, 2.24) is 10.3 Å². The van der Waals surface area contributed by atoms with Gasteiger partial charge < -0.3 is 10.1 Å². The predicted molar refractivity (Wildman–Crippen MR) is 83.7 cm³/mol. The van der Waals surface area contributed by atoms with E-state index in [9.17, 15) is 0 Å². The molecule has 0 saturated carbocycles. The van der Waals surface area contributed by atoms with E-state index in [-0.39, 0.29) is 0 Å². The number of hydrogen-bond donors (Lipinski definition) is 1. The number of nitrogens with zero attached hydrogens (tertiary/aromatic N) is 1. The molecule has 0 saturated heterocycles. The van der Waals surface area contributed by atoms with Gasteiger partial charge in [0.05, 0.1) is 4.47 Å². The molecule has 0 atom stereocenters. The van der Waals surface area contributed by atoms with Crippen molar-refractivity contribution >= 4 is 31.9 Å². The van der Waals surface area contributed by atoms with Crippen LogP contribution in [0.4, 0.5) is 0 Å². The van der Waals surface area contributed by atoms with Crippen LogP contribution in [0.1, 0.15) is 11.3 Å². The van der Waals surface area contributed by atoms with Crippen molar-refractivity contribution in [2.45, 2.75) is 13.5 Å². The molecule has 0 fully saturated rings. The lowest BCUT2D eigenvalue weighted by atomic mass is 10.2. The SMILES string of the molecule is CNCc1ccc(Oc2ccc(Br)cc2Br)nc1C. The molecule has 0 bridgehead atoms. The maximum atomic E-state index is 5.78. The molecule has 0 aliphatic rings. The number of benzene rings is 1. The molecule has 0 radical (unpaired) electrons. The molecule has 2 rings (SSSR count). The van der Waals surface area contributed by atoms with E-state index in [1.54, 1.807) is 0 Å². The molecule has 1 aromatic heterocycles. The summed E-state index contributed by atoms with van der Waals surface area (Å²) in [7, 11) is 1.92. The molecule has 19 heavy (non-hydrogen) atoms. The normalized spacial score (nSPS) is 10.5. The Morgan fingerprint density at radius 2 is 2.00 bits per heavy atom. The molecule has 0 unspecified atom stereocenters. The first-order chi connectivity index (χ1) is 9.10. The zero-order valence-corrected chi connectivity index (χ0v) is 13.9. The fourth-order valence-electron chi connectivity index (χ4n) is 1.67. The lowest BCUT2D eigenvalue weighted by molar-refractivity contribution is 0.458. The Kier molecular flexibility index (Phi) is 4.96. The highest BCUT2D eigenvalue weighted by molar-refractivity contribution is 9.11. The first kappa shape index (κ1) is 14.5. The number of aromatic nitrogens is 1. The summed E-state index contributed by atoms with van der Waals surface area (Å²) in [4.78, 5) is 4.46. The predicted octanol–water partition coefficient (Wildman–Crippen LogP) is 4.43. The fourth-order valence-corrected chi connectivity index (χ4v) is 2.80. The largest absolute Gasteiger partial charge is 0.438 e. The van der Waals surface area contributed by atoms with Crippen molar-refractivity contribution in [3.63, 3.8) is 0 Å². The van der Waals surface area contributed by atoms with Gasteiger partial charge >= 0.3 is 0 Å². The van der Waals surface area contributed by atoms with E-state index in [4.69, 9.17) is 4.74 Å². The maximum absolute atomic E-state index is 5.78. The van der Waals surface area contributed by atoms with Gasteiger partial charge in [-0.2, -0.15) is 0 Å². The molecule has 1 heterocycles. The van der Waals surface area contributed by atoms with Gasteiger partial charge in [0.15, 0.2) is 0 Å². The van der Waals surface area contributed by atoms with Crippen molar-refractivity contribution in [2.24, 2.45) is 0 Å². The van der Waals surface area contributed by atoms with E-state index in [0.717, 1.165) is 26.9 Å². The van der Waals surface area contributed by atoms with Gasteiger partial charge in [0.25, 0.3) is 0 Å². The molecule has 0 amide bonds. The Labute approximate surface area is 129 Å². The second kappa shape index (κ2) is 6.50. The Hall–Kier alpha value is -0.910. The molecule has 0 aliphatic heterocycles. The van der Waals surface area contributed by atoms with Gasteiger partial charge in [-0.15, -0.1) is 0 Å². The Balaban J connectivity index is 2.21. The van der Waals surface area contributed by atoms with E-state index >= 15 is 0 Å². The second-order valence-electron chi connectivity index (χ2n) is 4.10. The minimum Gasteiger partial charge on any atom is -0.438 e. The molecule has 2 aromatic rings. The van der Waals surface area contributed by atoms with Crippen LogP contribution in [0.15, 0.2) is 39.3 Å². The lowest BCUT2D eigenvalue weighted by Gasteiger charge is -2.10.